The van der Waals surface area contributed by atoms with E-state index in [1.54, 1.807) is 11.0 Å². The molecule has 1 unspecified atom stereocenters. The summed E-state index contributed by atoms with van der Waals surface area (Å²) in [5.41, 5.74) is 0.728. The number of aliphatic hydroxyl groups is 1. The zero-order valence-corrected chi connectivity index (χ0v) is 18.5. The maximum Gasteiger partial charge on any atom is 0.290 e. The van der Waals surface area contributed by atoms with Crippen LogP contribution in [0.3, 0.4) is 0 Å². The standard InChI is InChI=1S/C24H30N2O5/c1-5-25(6-2)12-13-26-21(17-9-7-10-18(15-17)31-16(3)4)20(23(28)24(26)29)22(27)19-11-8-14-30-19/h7-11,14-16,21,28H,5-6,12-13H2,1-4H3. The molecular weight excluding hydrogens is 396 g/mol. The Morgan fingerprint density at radius 1 is 1.23 bits per heavy atom. The molecule has 2 heterocycles. The van der Waals surface area contributed by atoms with Crippen molar-refractivity contribution < 1.29 is 23.8 Å². The van der Waals surface area contributed by atoms with Gasteiger partial charge >= 0.3 is 0 Å². The quantitative estimate of drug-likeness (QED) is 0.579. The van der Waals surface area contributed by atoms with Gasteiger partial charge in [-0.15, -0.1) is 0 Å². The predicted molar refractivity (Wildman–Crippen MR) is 117 cm³/mol. The van der Waals surface area contributed by atoms with Gasteiger partial charge in [-0.05, 0) is 56.8 Å². The van der Waals surface area contributed by atoms with Gasteiger partial charge in [-0.3, -0.25) is 9.59 Å². The molecule has 0 spiro atoms. The van der Waals surface area contributed by atoms with Crippen LogP contribution in [0.15, 0.2) is 58.4 Å². The van der Waals surface area contributed by atoms with Crippen molar-refractivity contribution in [2.45, 2.75) is 39.8 Å². The minimum absolute atomic E-state index is 0.0209. The number of carbonyl (C=O) groups excluding carboxylic acids is 2. The maximum absolute atomic E-state index is 13.2. The van der Waals surface area contributed by atoms with E-state index in [4.69, 9.17) is 9.15 Å². The van der Waals surface area contributed by atoms with E-state index in [-0.39, 0.29) is 17.4 Å². The normalized spacial score (nSPS) is 16.6. The number of hydrogen-bond donors (Lipinski definition) is 1. The van der Waals surface area contributed by atoms with Crippen molar-refractivity contribution >= 4 is 11.7 Å². The third-order valence-electron chi connectivity index (χ3n) is 5.39. The van der Waals surface area contributed by atoms with Gasteiger partial charge in [-0.1, -0.05) is 26.0 Å². The van der Waals surface area contributed by atoms with Crippen molar-refractivity contribution in [2.75, 3.05) is 26.2 Å². The molecule has 1 atom stereocenters. The lowest BCUT2D eigenvalue weighted by atomic mass is 9.95. The Balaban J connectivity index is 2.02. The Labute approximate surface area is 182 Å². The van der Waals surface area contributed by atoms with Crippen molar-refractivity contribution in [1.29, 1.82) is 0 Å². The molecule has 0 fully saturated rings. The number of amides is 1. The van der Waals surface area contributed by atoms with Crippen molar-refractivity contribution in [3.05, 3.63) is 65.3 Å². The minimum Gasteiger partial charge on any atom is -0.503 e. The van der Waals surface area contributed by atoms with Gasteiger partial charge in [0.25, 0.3) is 5.91 Å². The summed E-state index contributed by atoms with van der Waals surface area (Å²) in [6.45, 7) is 10.7. The average molecular weight is 427 g/mol. The van der Waals surface area contributed by atoms with Crippen molar-refractivity contribution in [1.82, 2.24) is 9.80 Å². The lowest BCUT2D eigenvalue weighted by Crippen LogP contribution is -2.38. The highest BCUT2D eigenvalue weighted by molar-refractivity contribution is 6.15. The second kappa shape index (κ2) is 9.83. The topological polar surface area (TPSA) is 83.2 Å². The van der Waals surface area contributed by atoms with Gasteiger partial charge in [0, 0.05) is 13.1 Å². The Morgan fingerprint density at radius 2 is 1.97 bits per heavy atom. The zero-order chi connectivity index (χ0) is 22.5. The van der Waals surface area contributed by atoms with Gasteiger partial charge in [0.05, 0.1) is 24.0 Å². The molecule has 7 heteroatoms. The first-order valence-electron chi connectivity index (χ1n) is 10.7. The van der Waals surface area contributed by atoms with E-state index in [1.807, 2.05) is 38.1 Å². The number of aliphatic hydroxyl groups excluding tert-OH is 1. The summed E-state index contributed by atoms with van der Waals surface area (Å²) in [5.74, 6) is -0.857. The monoisotopic (exact) mass is 426 g/mol. The van der Waals surface area contributed by atoms with E-state index in [1.165, 1.54) is 12.3 Å². The van der Waals surface area contributed by atoms with E-state index in [0.717, 1.165) is 13.1 Å². The molecule has 1 amide bonds. The van der Waals surface area contributed by atoms with E-state index in [9.17, 15) is 14.7 Å². The molecule has 1 aromatic heterocycles. The number of likely N-dealkylation sites (N-methyl/N-ethyl adjacent to an activating group) is 1. The number of furan rings is 1. The first-order chi connectivity index (χ1) is 14.9. The fourth-order valence-electron chi connectivity index (χ4n) is 3.82. The lowest BCUT2D eigenvalue weighted by molar-refractivity contribution is -0.129. The summed E-state index contributed by atoms with van der Waals surface area (Å²) in [7, 11) is 0. The molecule has 1 aliphatic rings. The van der Waals surface area contributed by atoms with Gasteiger partial charge in [-0.25, -0.2) is 0 Å². The van der Waals surface area contributed by atoms with Crippen LogP contribution >= 0.6 is 0 Å². The summed E-state index contributed by atoms with van der Waals surface area (Å²) < 4.78 is 11.1. The first-order valence-corrected chi connectivity index (χ1v) is 10.7. The van der Waals surface area contributed by atoms with Gasteiger partial charge in [0.2, 0.25) is 5.78 Å². The number of rotatable bonds is 10. The van der Waals surface area contributed by atoms with Crippen LogP contribution in [-0.4, -0.2) is 58.9 Å². The van der Waals surface area contributed by atoms with Gasteiger partial charge in [0.15, 0.2) is 11.5 Å². The number of carbonyl (C=O) groups is 2. The van der Waals surface area contributed by atoms with E-state index in [0.29, 0.717) is 24.4 Å². The van der Waals surface area contributed by atoms with Crippen LogP contribution in [0.4, 0.5) is 0 Å². The number of ketones is 1. The van der Waals surface area contributed by atoms with E-state index < -0.39 is 23.5 Å². The third kappa shape index (κ3) is 4.82. The van der Waals surface area contributed by atoms with Crippen molar-refractivity contribution in [2.24, 2.45) is 0 Å². The number of benzene rings is 1. The molecule has 2 aromatic rings. The molecular formula is C24H30N2O5. The highest BCUT2D eigenvalue weighted by Gasteiger charge is 2.44. The minimum atomic E-state index is -0.726. The molecule has 0 radical (unpaired) electrons. The molecule has 1 aromatic carbocycles. The molecule has 1 N–H and O–H groups in total. The number of ether oxygens (including phenoxy) is 1. The maximum atomic E-state index is 13.2. The second-order valence-electron chi connectivity index (χ2n) is 7.74. The van der Waals surface area contributed by atoms with Crippen LogP contribution in [0.1, 0.15) is 49.9 Å². The Kier molecular flexibility index (Phi) is 7.17. The van der Waals surface area contributed by atoms with Crippen LogP contribution in [0, 0.1) is 0 Å². The van der Waals surface area contributed by atoms with Crippen LogP contribution < -0.4 is 4.74 Å². The van der Waals surface area contributed by atoms with E-state index in [2.05, 4.69) is 18.7 Å². The van der Waals surface area contributed by atoms with Gasteiger partial charge in [0.1, 0.15) is 5.75 Å². The molecule has 0 bridgehead atoms. The molecule has 1 aliphatic heterocycles. The molecule has 3 rings (SSSR count). The molecule has 0 saturated carbocycles. The fraction of sp³-hybridized carbons (Fsp3) is 0.417. The number of Topliss-reactive ketones (excluding diaryl/α,β-unsaturated/α-hetero) is 1. The summed E-state index contributed by atoms with van der Waals surface area (Å²) >= 11 is 0. The van der Waals surface area contributed by atoms with Crippen molar-refractivity contribution in [3.63, 3.8) is 0 Å². The molecule has 31 heavy (non-hydrogen) atoms. The lowest BCUT2D eigenvalue weighted by Gasteiger charge is -2.29. The van der Waals surface area contributed by atoms with Gasteiger partial charge < -0.3 is 24.1 Å². The van der Waals surface area contributed by atoms with Gasteiger partial charge in [-0.2, -0.15) is 0 Å². The SMILES string of the molecule is CCN(CC)CCN1C(=O)C(O)=C(C(=O)c2ccco2)C1c1cccc(OC(C)C)c1. The summed E-state index contributed by atoms with van der Waals surface area (Å²) in [6, 6.07) is 9.71. The van der Waals surface area contributed by atoms with Crippen LogP contribution in [-0.2, 0) is 4.79 Å². The Morgan fingerprint density at radius 3 is 2.58 bits per heavy atom. The second-order valence-corrected chi connectivity index (χ2v) is 7.74. The molecule has 166 valence electrons. The zero-order valence-electron chi connectivity index (χ0n) is 18.5. The smallest absolute Gasteiger partial charge is 0.290 e. The largest absolute Gasteiger partial charge is 0.503 e. The fourth-order valence-corrected chi connectivity index (χ4v) is 3.82. The van der Waals surface area contributed by atoms with Crippen molar-refractivity contribution in [3.8, 4) is 5.75 Å². The third-order valence-corrected chi connectivity index (χ3v) is 5.39. The van der Waals surface area contributed by atoms with E-state index >= 15 is 0 Å². The molecule has 0 saturated heterocycles. The highest BCUT2D eigenvalue weighted by Crippen LogP contribution is 2.39. The summed E-state index contributed by atoms with van der Waals surface area (Å²) in [6.07, 6.45) is 1.37. The summed E-state index contributed by atoms with van der Waals surface area (Å²) in [5, 5.41) is 10.7. The highest BCUT2D eigenvalue weighted by atomic mass is 16.5. The first kappa shape index (κ1) is 22.6. The molecule has 0 aliphatic carbocycles. The summed E-state index contributed by atoms with van der Waals surface area (Å²) in [4.78, 5) is 29.9. The number of nitrogens with zero attached hydrogens (tertiary/aromatic N) is 2. The van der Waals surface area contributed by atoms with Crippen LogP contribution in [0.2, 0.25) is 0 Å². The number of hydrogen-bond acceptors (Lipinski definition) is 6. The average Bonchev–Trinajstić information content (AvgIpc) is 3.36. The Hall–Kier alpha value is -3.06. The Bertz CT molecular complexity index is 945. The molecule has 7 nitrogen and oxygen atoms in total. The van der Waals surface area contributed by atoms with Crippen LogP contribution in [0.25, 0.3) is 0 Å². The van der Waals surface area contributed by atoms with Crippen LogP contribution in [0.5, 0.6) is 5.75 Å². The predicted octanol–water partition coefficient (Wildman–Crippen LogP) is 3.99.